The van der Waals surface area contributed by atoms with E-state index in [2.05, 4.69) is 15.9 Å². The number of rotatable bonds is 3. The largest absolute Gasteiger partial charge is 0.323 e. The second kappa shape index (κ2) is 5.65. The lowest BCUT2D eigenvalue weighted by molar-refractivity contribution is 0.494. The first-order valence-corrected chi connectivity index (χ1v) is 7.11. The van der Waals surface area contributed by atoms with Crippen LogP contribution in [-0.4, -0.2) is 0 Å². The minimum absolute atomic E-state index is 0.229. The standard InChI is InChI=1S/C12H9BrClF2NS/c13-7-5-10(18-12(7)14)9(17)4-6-2-1-3-8(15)11(6)16/h1-3,5,9H,4,17H2. The third kappa shape index (κ3) is 2.91. The molecule has 2 N–H and O–H groups in total. The zero-order valence-corrected chi connectivity index (χ0v) is 12.2. The minimum Gasteiger partial charge on any atom is -0.323 e. The smallest absolute Gasteiger partial charge is 0.162 e. The Morgan fingerprint density at radius 1 is 1.39 bits per heavy atom. The van der Waals surface area contributed by atoms with Gasteiger partial charge >= 0.3 is 0 Å². The predicted octanol–water partition coefficient (Wildman–Crippen LogP) is 4.68. The molecule has 1 heterocycles. The maximum absolute atomic E-state index is 13.5. The number of thiophene rings is 1. The molecule has 96 valence electrons. The van der Waals surface area contributed by atoms with Crippen molar-refractivity contribution >= 4 is 38.9 Å². The quantitative estimate of drug-likeness (QED) is 0.852. The Labute approximate surface area is 121 Å². The predicted molar refractivity (Wildman–Crippen MR) is 74.0 cm³/mol. The van der Waals surface area contributed by atoms with Crippen LogP contribution in [0.25, 0.3) is 0 Å². The van der Waals surface area contributed by atoms with E-state index in [0.29, 0.717) is 4.34 Å². The molecule has 0 aliphatic rings. The molecule has 1 unspecified atom stereocenters. The Hall–Kier alpha value is -0.490. The van der Waals surface area contributed by atoms with Crippen LogP contribution in [0.2, 0.25) is 4.34 Å². The summed E-state index contributed by atoms with van der Waals surface area (Å²) >= 11 is 10.5. The highest BCUT2D eigenvalue weighted by atomic mass is 79.9. The van der Waals surface area contributed by atoms with Gasteiger partial charge in [0, 0.05) is 15.4 Å². The molecule has 0 saturated heterocycles. The summed E-state index contributed by atoms with van der Waals surface area (Å²) in [6.45, 7) is 0. The highest BCUT2D eigenvalue weighted by Gasteiger charge is 2.16. The van der Waals surface area contributed by atoms with Crippen LogP contribution in [0.1, 0.15) is 16.5 Å². The minimum atomic E-state index is -0.856. The van der Waals surface area contributed by atoms with Crippen LogP contribution in [0.3, 0.4) is 0 Å². The van der Waals surface area contributed by atoms with E-state index in [-0.39, 0.29) is 12.0 Å². The van der Waals surface area contributed by atoms with Gasteiger partial charge in [-0.15, -0.1) is 11.3 Å². The lowest BCUT2D eigenvalue weighted by Crippen LogP contribution is -2.13. The van der Waals surface area contributed by atoms with Gasteiger partial charge in [-0.1, -0.05) is 23.7 Å². The first kappa shape index (κ1) is 13.9. The maximum Gasteiger partial charge on any atom is 0.162 e. The average Bonchev–Trinajstić information content (AvgIpc) is 2.66. The summed E-state index contributed by atoms with van der Waals surface area (Å²) in [5.74, 6) is -1.69. The SMILES string of the molecule is NC(Cc1cccc(F)c1F)c1cc(Br)c(Cl)s1. The molecular formula is C12H9BrClF2NS. The monoisotopic (exact) mass is 351 g/mol. The summed E-state index contributed by atoms with van der Waals surface area (Å²) in [5, 5.41) is 0. The van der Waals surface area contributed by atoms with Crippen molar-refractivity contribution in [1.82, 2.24) is 0 Å². The van der Waals surface area contributed by atoms with Gasteiger partial charge in [-0.3, -0.25) is 0 Å². The zero-order chi connectivity index (χ0) is 13.3. The van der Waals surface area contributed by atoms with Gasteiger partial charge in [-0.2, -0.15) is 0 Å². The molecule has 1 nitrogen and oxygen atoms in total. The Kier molecular flexibility index (Phi) is 4.37. The van der Waals surface area contributed by atoms with Gasteiger partial charge in [0.2, 0.25) is 0 Å². The van der Waals surface area contributed by atoms with Crippen LogP contribution in [0.4, 0.5) is 8.78 Å². The van der Waals surface area contributed by atoms with Gasteiger partial charge in [-0.05, 0) is 40.0 Å². The molecule has 1 atom stereocenters. The first-order valence-electron chi connectivity index (χ1n) is 5.12. The van der Waals surface area contributed by atoms with Crippen LogP contribution in [-0.2, 0) is 6.42 Å². The normalized spacial score (nSPS) is 12.7. The summed E-state index contributed by atoms with van der Waals surface area (Å²) < 4.78 is 27.9. The van der Waals surface area contributed by atoms with Gasteiger partial charge in [0.25, 0.3) is 0 Å². The molecule has 2 rings (SSSR count). The molecule has 0 fully saturated rings. The molecule has 18 heavy (non-hydrogen) atoms. The first-order chi connectivity index (χ1) is 8.49. The Morgan fingerprint density at radius 3 is 2.72 bits per heavy atom. The lowest BCUT2D eigenvalue weighted by atomic mass is 10.0. The summed E-state index contributed by atoms with van der Waals surface area (Å²) in [5.41, 5.74) is 6.24. The van der Waals surface area contributed by atoms with Crippen LogP contribution in [0.5, 0.6) is 0 Å². The molecule has 0 amide bonds. The molecular weight excluding hydrogens is 344 g/mol. The Morgan fingerprint density at radius 2 is 2.11 bits per heavy atom. The second-order valence-electron chi connectivity index (χ2n) is 3.79. The van der Waals surface area contributed by atoms with Gasteiger partial charge in [0.15, 0.2) is 11.6 Å². The molecule has 0 bridgehead atoms. The van der Waals surface area contributed by atoms with E-state index in [0.717, 1.165) is 15.4 Å². The zero-order valence-electron chi connectivity index (χ0n) is 9.09. The van der Waals surface area contributed by atoms with Crippen molar-refractivity contribution < 1.29 is 8.78 Å². The van der Waals surface area contributed by atoms with E-state index in [9.17, 15) is 8.78 Å². The third-order valence-electron chi connectivity index (χ3n) is 2.50. The van der Waals surface area contributed by atoms with Gasteiger partial charge in [0.1, 0.15) is 4.34 Å². The fourth-order valence-corrected chi connectivity index (χ4v) is 3.33. The van der Waals surface area contributed by atoms with Crippen LogP contribution in [0.15, 0.2) is 28.7 Å². The molecule has 0 radical (unpaired) electrons. The molecule has 1 aromatic carbocycles. The molecule has 0 aliphatic heterocycles. The number of benzene rings is 1. The maximum atomic E-state index is 13.5. The number of hydrogen-bond acceptors (Lipinski definition) is 2. The van der Waals surface area contributed by atoms with Gasteiger partial charge in [-0.25, -0.2) is 8.78 Å². The molecule has 2 aromatic rings. The van der Waals surface area contributed by atoms with Crippen molar-refractivity contribution in [3.63, 3.8) is 0 Å². The summed E-state index contributed by atoms with van der Waals surface area (Å²) in [4.78, 5) is 0.829. The topological polar surface area (TPSA) is 26.0 Å². The van der Waals surface area contributed by atoms with E-state index < -0.39 is 17.7 Å². The van der Waals surface area contributed by atoms with Crippen LogP contribution in [0, 0.1) is 11.6 Å². The van der Waals surface area contributed by atoms with Crippen molar-refractivity contribution in [2.24, 2.45) is 5.73 Å². The van der Waals surface area contributed by atoms with E-state index >= 15 is 0 Å². The fraction of sp³-hybridized carbons (Fsp3) is 0.167. The van der Waals surface area contributed by atoms with Crippen molar-refractivity contribution in [2.45, 2.75) is 12.5 Å². The van der Waals surface area contributed by atoms with Crippen molar-refractivity contribution in [3.8, 4) is 0 Å². The summed E-state index contributed by atoms with van der Waals surface area (Å²) in [7, 11) is 0. The molecule has 0 aliphatic carbocycles. The molecule has 0 spiro atoms. The highest BCUT2D eigenvalue weighted by Crippen LogP contribution is 2.35. The molecule has 0 saturated carbocycles. The van der Waals surface area contributed by atoms with Gasteiger partial charge in [0.05, 0.1) is 0 Å². The van der Waals surface area contributed by atoms with E-state index in [1.165, 1.54) is 23.5 Å². The second-order valence-corrected chi connectivity index (χ2v) is 6.33. The van der Waals surface area contributed by atoms with Crippen LogP contribution < -0.4 is 5.73 Å². The third-order valence-corrected chi connectivity index (χ3v) is 5.11. The summed E-state index contributed by atoms with van der Waals surface area (Å²) in [6.07, 6.45) is 0.229. The molecule has 1 aromatic heterocycles. The van der Waals surface area contributed by atoms with Crippen molar-refractivity contribution in [1.29, 1.82) is 0 Å². The number of hydrogen-bond donors (Lipinski definition) is 1. The van der Waals surface area contributed by atoms with E-state index in [4.69, 9.17) is 17.3 Å². The van der Waals surface area contributed by atoms with E-state index in [1.807, 2.05) is 0 Å². The lowest BCUT2D eigenvalue weighted by Gasteiger charge is -2.10. The highest BCUT2D eigenvalue weighted by molar-refractivity contribution is 9.10. The van der Waals surface area contributed by atoms with E-state index in [1.54, 1.807) is 6.07 Å². The Bertz CT molecular complexity index is 554. The van der Waals surface area contributed by atoms with Crippen molar-refractivity contribution in [2.75, 3.05) is 0 Å². The van der Waals surface area contributed by atoms with Crippen molar-refractivity contribution in [3.05, 3.63) is 55.1 Å². The average molecular weight is 353 g/mol. The number of nitrogens with two attached hydrogens (primary N) is 1. The molecule has 6 heteroatoms. The van der Waals surface area contributed by atoms with Crippen LogP contribution >= 0.6 is 38.9 Å². The number of halogens is 4. The fourth-order valence-electron chi connectivity index (χ4n) is 1.59. The summed E-state index contributed by atoms with van der Waals surface area (Å²) in [6, 6.07) is 5.48. The Balaban J connectivity index is 2.21. The van der Waals surface area contributed by atoms with Gasteiger partial charge < -0.3 is 5.73 Å².